The normalized spacial score (nSPS) is 18.8. The number of guanidine groups is 1. The van der Waals surface area contributed by atoms with Crippen LogP contribution in [0.4, 0.5) is 4.39 Å². The fourth-order valence-electron chi connectivity index (χ4n) is 4.55. The molecule has 38 heavy (non-hydrogen) atoms. The highest BCUT2D eigenvalue weighted by Crippen LogP contribution is 2.43. The Bertz CT molecular complexity index is 1560. The minimum absolute atomic E-state index is 0.0352. The molecule has 0 amide bonds. The molecule has 2 N–H and O–H groups in total. The number of nitrogens with two attached hydrogens (primary N) is 1. The standard InChI is InChI=1S/C26H24FN5O5S/c1-17(33)36-16-38(34,35)37-23-8-6-20(7-9-23)26(24-30-10-3-11-32(24)25(28)31-26)21-5-2-4-18(12-21)19-13-22(27)15-29-14-19/h2,4-9,12-15H,3,10-11,16H2,1H3,(H2,28,31). The molecule has 2 aliphatic heterocycles. The van der Waals surface area contributed by atoms with Crippen LogP contribution < -0.4 is 9.92 Å². The predicted octanol–water partition coefficient (Wildman–Crippen LogP) is 2.79. The van der Waals surface area contributed by atoms with Crippen LogP contribution in [0.1, 0.15) is 24.5 Å². The Morgan fingerprint density at radius 3 is 2.63 bits per heavy atom. The maximum absolute atomic E-state index is 13.9. The Labute approximate surface area is 218 Å². The number of benzene rings is 2. The number of hydrogen-bond donors (Lipinski definition) is 1. The molecule has 0 radical (unpaired) electrons. The first kappa shape index (κ1) is 25.3. The van der Waals surface area contributed by atoms with E-state index in [-0.39, 0.29) is 5.75 Å². The zero-order valence-electron chi connectivity index (χ0n) is 20.4. The Kier molecular flexibility index (Phi) is 6.57. The van der Waals surface area contributed by atoms with Crippen molar-refractivity contribution in [3.8, 4) is 16.9 Å². The lowest BCUT2D eigenvalue weighted by Gasteiger charge is -2.33. The zero-order chi connectivity index (χ0) is 26.9. The molecular weight excluding hydrogens is 513 g/mol. The number of hydrogen-bond acceptors (Lipinski definition) is 10. The molecule has 3 heterocycles. The molecule has 3 aromatic rings. The Hall–Kier alpha value is -4.32. The van der Waals surface area contributed by atoms with Crippen LogP contribution in [0, 0.1) is 5.82 Å². The van der Waals surface area contributed by atoms with Crippen LogP contribution >= 0.6 is 0 Å². The van der Waals surface area contributed by atoms with Gasteiger partial charge >= 0.3 is 16.1 Å². The Morgan fingerprint density at radius 2 is 1.89 bits per heavy atom. The Morgan fingerprint density at radius 1 is 1.11 bits per heavy atom. The van der Waals surface area contributed by atoms with Crippen LogP contribution in [0.3, 0.4) is 0 Å². The summed E-state index contributed by atoms with van der Waals surface area (Å²) >= 11 is 0. The summed E-state index contributed by atoms with van der Waals surface area (Å²) in [6.07, 6.45) is 3.53. The minimum Gasteiger partial charge on any atom is -0.446 e. The van der Waals surface area contributed by atoms with Gasteiger partial charge in [0, 0.05) is 31.8 Å². The molecule has 2 aromatic carbocycles. The molecule has 5 rings (SSSR count). The highest BCUT2D eigenvalue weighted by atomic mass is 32.2. The van der Waals surface area contributed by atoms with Gasteiger partial charge in [0.25, 0.3) is 0 Å². The van der Waals surface area contributed by atoms with Crippen LogP contribution in [0.25, 0.3) is 11.1 Å². The van der Waals surface area contributed by atoms with Crippen LogP contribution in [-0.2, 0) is 25.2 Å². The van der Waals surface area contributed by atoms with E-state index in [1.807, 2.05) is 29.2 Å². The maximum Gasteiger partial charge on any atom is 0.345 e. The number of pyridine rings is 1. The average molecular weight is 538 g/mol. The van der Waals surface area contributed by atoms with E-state index in [9.17, 15) is 17.6 Å². The van der Waals surface area contributed by atoms with Crippen molar-refractivity contribution in [1.82, 2.24) is 9.88 Å². The van der Waals surface area contributed by atoms with Gasteiger partial charge in [-0.25, -0.2) is 9.38 Å². The molecule has 0 saturated heterocycles. The van der Waals surface area contributed by atoms with Gasteiger partial charge in [0.05, 0.1) is 6.20 Å². The largest absolute Gasteiger partial charge is 0.446 e. The van der Waals surface area contributed by atoms with Gasteiger partial charge in [0.15, 0.2) is 11.5 Å². The van der Waals surface area contributed by atoms with Gasteiger partial charge in [0.1, 0.15) is 17.4 Å². The van der Waals surface area contributed by atoms with Crippen molar-refractivity contribution in [3.05, 3.63) is 83.9 Å². The SMILES string of the molecule is CC(=O)OCS(=O)(=O)Oc1ccc(C2(c3cccc(-c4cncc(F)c4)c3)N=C(N)N3CCCN=C32)cc1. The second-order valence-corrected chi connectivity index (χ2v) is 10.3. The molecule has 0 fully saturated rings. The van der Waals surface area contributed by atoms with Crippen molar-refractivity contribution in [1.29, 1.82) is 0 Å². The number of halogens is 1. The lowest BCUT2D eigenvalue weighted by molar-refractivity contribution is -0.139. The molecule has 196 valence electrons. The average Bonchev–Trinajstić information content (AvgIpc) is 3.21. The summed E-state index contributed by atoms with van der Waals surface area (Å²) in [7, 11) is -4.16. The molecule has 0 aliphatic carbocycles. The fourth-order valence-corrected chi connectivity index (χ4v) is 5.31. The van der Waals surface area contributed by atoms with Gasteiger partial charge in [-0.3, -0.25) is 19.7 Å². The van der Waals surface area contributed by atoms with Crippen LogP contribution in [0.15, 0.2) is 77.0 Å². The third kappa shape index (κ3) is 4.82. The summed E-state index contributed by atoms with van der Waals surface area (Å²) in [5.74, 6) is -1.10. The summed E-state index contributed by atoms with van der Waals surface area (Å²) < 4.78 is 47.9. The monoisotopic (exact) mass is 537 g/mol. The second-order valence-electron chi connectivity index (χ2n) is 8.78. The molecule has 1 aromatic heterocycles. The van der Waals surface area contributed by atoms with Crippen molar-refractivity contribution >= 4 is 27.9 Å². The molecule has 0 spiro atoms. The Balaban J connectivity index is 1.58. The summed E-state index contributed by atoms with van der Waals surface area (Å²) in [5, 5.41) is 0. The van der Waals surface area contributed by atoms with Crippen molar-refractivity contribution in [2.75, 3.05) is 19.0 Å². The maximum atomic E-state index is 13.9. The lowest BCUT2D eigenvalue weighted by Crippen LogP contribution is -2.46. The highest BCUT2D eigenvalue weighted by Gasteiger charge is 2.49. The molecule has 1 atom stereocenters. The number of nitrogens with zero attached hydrogens (tertiary/aromatic N) is 4. The van der Waals surface area contributed by atoms with Gasteiger partial charge in [0.2, 0.25) is 5.94 Å². The number of carbonyl (C=O) groups is 1. The summed E-state index contributed by atoms with van der Waals surface area (Å²) in [5.41, 5.74) is 7.98. The predicted molar refractivity (Wildman–Crippen MR) is 138 cm³/mol. The van der Waals surface area contributed by atoms with E-state index in [0.717, 1.165) is 30.7 Å². The van der Waals surface area contributed by atoms with Gasteiger partial charge in [-0.05, 0) is 47.4 Å². The van der Waals surface area contributed by atoms with Crippen LogP contribution in [-0.4, -0.2) is 55.1 Å². The quantitative estimate of drug-likeness (QED) is 0.359. The number of amidine groups is 1. The first-order valence-corrected chi connectivity index (χ1v) is 13.3. The second kappa shape index (κ2) is 9.86. The number of rotatable bonds is 7. The van der Waals surface area contributed by atoms with E-state index in [1.54, 1.807) is 18.3 Å². The number of aromatic nitrogens is 1. The lowest BCUT2D eigenvalue weighted by atomic mass is 9.81. The molecule has 1 unspecified atom stereocenters. The van der Waals surface area contributed by atoms with E-state index in [2.05, 4.69) is 9.72 Å². The highest BCUT2D eigenvalue weighted by molar-refractivity contribution is 7.86. The molecule has 0 saturated carbocycles. The fraction of sp³-hybridized carbons (Fsp3) is 0.231. The van der Waals surface area contributed by atoms with Gasteiger partial charge in [-0.2, -0.15) is 8.42 Å². The van der Waals surface area contributed by atoms with E-state index >= 15 is 0 Å². The zero-order valence-corrected chi connectivity index (χ0v) is 21.2. The third-order valence-electron chi connectivity index (χ3n) is 6.16. The van der Waals surface area contributed by atoms with Crippen molar-refractivity contribution in [2.24, 2.45) is 15.7 Å². The van der Waals surface area contributed by atoms with E-state index < -0.39 is 33.4 Å². The van der Waals surface area contributed by atoms with Crippen molar-refractivity contribution in [2.45, 2.75) is 18.9 Å². The summed E-state index contributed by atoms with van der Waals surface area (Å²) in [6, 6.07) is 15.2. The molecule has 2 aliphatic rings. The number of esters is 1. The number of aliphatic imine (C=N–C) groups is 2. The van der Waals surface area contributed by atoms with Crippen molar-refractivity contribution in [3.63, 3.8) is 0 Å². The molecule has 12 heteroatoms. The minimum atomic E-state index is -4.16. The number of ether oxygens (including phenoxy) is 1. The topological polar surface area (TPSA) is 137 Å². The molecular formula is C26H24FN5O5S. The van der Waals surface area contributed by atoms with Gasteiger partial charge < -0.3 is 14.7 Å². The third-order valence-corrected chi connectivity index (χ3v) is 7.01. The van der Waals surface area contributed by atoms with E-state index in [4.69, 9.17) is 19.9 Å². The number of fused-ring (bicyclic) bond motifs is 1. The van der Waals surface area contributed by atoms with E-state index in [0.29, 0.717) is 36.0 Å². The van der Waals surface area contributed by atoms with Crippen molar-refractivity contribution < 1.29 is 26.5 Å². The van der Waals surface area contributed by atoms with Crippen LogP contribution in [0.2, 0.25) is 0 Å². The molecule has 10 nitrogen and oxygen atoms in total. The smallest absolute Gasteiger partial charge is 0.345 e. The van der Waals surface area contributed by atoms with E-state index in [1.165, 1.54) is 18.2 Å². The van der Waals surface area contributed by atoms with Crippen LogP contribution in [0.5, 0.6) is 5.75 Å². The summed E-state index contributed by atoms with van der Waals surface area (Å²) in [6.45, 7) is 2.35. The van der Waals surface area contributed by atoms with Gasteiger partial charge in [-0.15, -0.1) is 0 Å². The van der Waals surface area contributed by atoms with Gasteiger partial charge in [-0.1, -0.05) is 30.3 Å². The number of carbonyl (C=O) groups excluding carboxylic acids is 1. The molecule has 0 bridgehead atoms. The summed E-state index contributed by atoms with van der Waals surface area (Å²) in [4.78, 5) is 26.5. The first-order chi connectivity index (χ1) is 18.2. The first-order valence-electron chi connectivity index (χ1n) is 11.7.